The Balaban J connectivity index is 1.66. The number of pyridine rings is 1. The number of aromatic nitrogens is 1. The van der Waals surface area contributed by atoms with Crippen molar-refractivity contribution in [2.24, 2.45) is 5.41 Å². The van der Waals surface area contributed by atoms with Crippen molar-refractivity contribution in [1.29, 1.82) is 0 Å². The predicted molar refractivity (Wildman–Crippen MR) is 108 cm³/mol. The number of carbonyl (C=O) groups excluding carboxylic acids is 2. The topological polar surface area (TPSA) is 83.6 Å². The molecule has 1 aromatic carbocycles. The van der Waals surface area contributed by atoms with Gasteiger partial charge >= 0.3 is 0 Å². The Hall–Kier alpha value is -2.93. The number of benzene rings is 1. The number of hydrogen-bond donors (Lipinski definition) is 2. The molecule has 0 bridgehead atoms. The van der Waals surface area contributed by atoms with E-state index in [2.05, 4.69) is 20.5 Å². The van der Waals surface area contributed by atoms with Crippen LogP contribution >= 0.6 is 0 Å². The van der Waals surface area contributed by atoms with E-state index in [1.807, 2.05) is 36.4 Å². The summed E-state index contributed by atoms with van der Waals surface area (Å²) >= 11 is 0. The summed E-state index contributed by atoms with van der Waals surface area (Å²) in [6.45, 7) is 6.42. The highest BCUT2D eigenvalue weighted by molar-refractivity contribution is 6.10. The maximum atomic E-state index is 12.9. The van der Waals surface area contributed by atoms with Crippen LogP contribution in [-0.4, -0.2) is 43.1 Å². The van der Waals surface area contributed by atoms with Gasteiger partial charge in [-0.25, -0.2) is 0 Å². The number of para-hydroxylation sites is 2. The van der Waals surface area contributed by atoms with Gasteiger partial charge < -0.3 is 20.3 Å². The molecule has 1 aromatic heterocycles. The quantitative estimate of drug-likeness (QED) is 0.749. The van der Waals surface area contributed by atoms with Gasteiger partial charge in [0.25, 0.3) is 0 Å². The van der Waals surface area contributed by atoms with Crippen molar-refractivity contribution in [1.82, 2.24) is 10.3 Å². The summed E-state index contributed by atoms with van der Waals surface area (Å²) in [4.78, 5) is 31.7. The number of ether oxygens (including phenoxy) is 1. The Morgan fingerprint density at radius 1 is 1.11 bits per heavy atom. The number of amides is 2. The monoisotopic (exact) mass is 382 g/mol. The second-order valence-electron chi connectivity index (χ2n) is 7.24. The molecule has 7 heteroatoms. The second kappa shape index (κ2) is 8.84. The van der Waals surface area contributed by atoms with Crippen LogP contribution in [0.3, 0.4) is 0 Å². The van der Waals surface area contributed by atoms with Crippen LogP contribution in [-0.2, 0) is 20.9 Å². The Kier molecular flexibility index (Phi) is 6.26. The first-order valence-corrected chi connectivity index (χ1v) is 9.39. The van der Waals surface area contributed by atoms with E-state index in [-0.39, 0.29) is 11.8 Å². The largest absolute Gasteiger partial charge is 0.378 e. The third kappa shape index (κ3) is 4.67. The van der Waals surface area contributed by atoms with Crippen LogP contribution in [0.25, 0.3) is 0 Å². The lowest BCUT2D eigenvalue weighted by Crippen LogP contribution is -2.45. The fraction of sp³-hybridized carbons (Fsp3) is 0.381. The second-order valence-corrected chi connectivity index (χ2v) is 7.24. The molecule has 0 atom stereocenters. The summed E-state index contributed by atoms with van der Waals surface area (Å²) in [5.41, 5.74) is 1.29. The molecule has 148 valence electrons. The molecule has 0 radical (unpaired) electrons. The van der Waals surface area contributed by atoms with Crippen molar-refractivity contribution in [2.75, 3.05) is 36.5 Å². The molecule has 1 fully saturated rings. The van der Waals surface area contributed by atoms with Crippen molar-refractivity contribution in [3.63, 3.8) is 0 Å². The standard InChI is InChI=1S/C21H26N4O3/c1-21(2,19(26)23-15-16-6-5-9-22-14-16)20(27)24-17-7-3-4-8-18(17)25-10-12-28-13-11-25/h3-9,14H,10-13,15H2,1-2H3,(H,23,26)(H,24,27). The lowest BCUT2D eigenvalue weighted by molar-refractivity contribution is -0.138. The van der Waals surface area contributed by atoms with E-state index in [1.54, 1.807) is 26.2 Å². The summed E-state index contributed by atoms with van der Waals surface area (Å²) in [6, 6.07) is 11.3. The number of carbonyl (C=O) groups is 2. The van der Waals surface area contributed by atoms with E-state index in [0.29, 0.717) is 25.4 Å². The highest BCUT2D eigenvalue weighted by Gasteiger charge is 2.36. The van der Waals surface area contributed by atoms with E-state index >= 15 is 0 Å². The van der Waals surface area contributed by atoms with Crippen molar-refractivity contribution in [3.8, 4) is 0 Å². The number of nitrogens with one attached hydrogen (secondary N) is 2. The molecule has 1 saturated heterocycles. The molecule has 2 aromatic rings. The van der Waals surface area contributed by atoms with Crippen molar-refractivity contribution in [2.45, 2.75) is 20.4 Å². The van der Waals surface area contributed by atoms with Crippen LogP contribution in [0.2, 0.25) is 0 Å². The molecule has 1 aliphatic heterocycles. The SMILES string of the molecule is CC(C)(C(=O)NCc1cccnc1)C(=O)Nc1ccccc1N1CCOCC1. The van der Waals surface area contributed by atoms with Gasteiger partial charge in [-0.2, -0.15) is 0 Å². The van der Waals surface area contributed by atoms with Gasteiger partial charge in [0, 0.05) is 32.0 Å². The Morgan fingerprint density at radius 2 is 1.86 bits per heavy atom. The first kappa shape index (κ1) is 19.8. The normalized spacial score (nSPS) is 14.4. The molecule has 1 aliphatic rings. The van der Waals surface area contributed by atoms with Crippen molar-refractivity contribution in [3.05, 3.63) is 54.4 Å². The molecular formula is C21H26N4O3. The van der Waals surface area contributed by atoms with Crippen LogP contribution in [0.4, 0.5) is 11.4 Å². The molecule has 28 heavy (non-hydrogen) atoms. The molecule has 0 spiro atoms. The van der Waals surface area contributed by atoms with Gasteiger partial charge in [0.1, 0.15) is 5.41 Å². The molecule has 0 unspecified atom stereocenters. The van der Waals surface area contributed by atoms with Crippen LogP contribution < -0.4 is 15.5 Å². The highest BCUT2D eigenvalue weighted by atomic mass is 16.5. The fourth-order valence-electron chi connectivity index (χ4n) is 2.95. The molecule has 3 rings (SSSR count). The third-order valence-corrected chi connectivity index (χ3v) is 4.82. The highest BCUT2D eigenvalue weighted by Crippen LogP contribution is 2.28. The predicted octanol–water partition coefficient (Wildman–Crippen LogP) is 2.20. The number of morpholine rings is 1. The maximum absolute atomic E-state index is 12.9. The van der Waals surface area contributed by atoms with Gasteiger partial charge in [0.2, 0.25) is 11.8 Å². The molecule has 0 aliphatic carbocycles. The van der Waals surface area contributed by atoms with Crippen LogP contribution in [0.15, 0.2) is 48.8 Å². The van der Waals surface area contributed by atoms with Gasteiger partial charge in [0.15, 0.2) is 0 Å². The zero-order chi connectivity index (χ0) is 20.0. The minimum atomic E-state index is -1.22. The zero-order valence-corrected chi connectivity index (χ0v) is 16.3. The van der Waals surface area contributed by atoms with E-state index in [9.17, 15) is 9.59 Å². The summed E-state index contributed by atoms with van der Waals surface area (Å²) < 4.78 is 5.40. The average molecular weight is 382 g/mol. The molecule has 7 nitrogen and oxygen atoms in total. The first-order valence-electron chi connectivity index (χ1n) is 9.39. The number of rotatable bonds is 6. The maximum Gasteiger partial charge on any atom is 0.239 e. The Bertz CT molecular complexity index is 817. The zero-order valence-electron chi connectivity index (χ0n) is 16.3. The van der Waals surface area contributed by atoms with Crippen LogP contribution in [0, 0.1) is 5.41 Å². The van der Waals surface area contributed by atoms with Crippen LogP contribution in [0.5, 0.6) is 0 Å². The Labute approximate surface area is 165 Å². The van der Waals surface area contributed by atoms with Gasteiger partial charge in [0.05, 0.1) is 24.6 Å². The van der Waals surface area contributed by atoms with Gasteiger partial charge in [-0.05, 0) is 37.6 Å². The lowest BCUT2D eigenvalue weighted by Gasteiger charge is -2.31. The molecular weight excluding hydrogens is 356 g/mol. The van der Waals surface area contributed by atoms with E-state index in [0.717, 1.165) is 24.3 Å². The van der Waals surface area contributed by atoms with Gasteiger partial charge in [-0.15, -0.1) is 0 Å². The van der Waals surface area contributed by atoms with Gasteiger partial charge in [-0.3, -0.25) is 14.6 Å². The minimum absolute atomic E-state index is 0.327. The average Bonchev–Trinajstić information content (AvgIpc) is 2.73. The third-order valence-electron chi connectivity index (χ3n) is 4.82. The number of anilines is 2. The number of nitrogens with zero attached hydrogens (tertiary/aromatic N) is 2. The lowest BCUT2D eigenvalue weighted by atomic mass is 9.90. The van der Waals surface area contributed by atoms with E-state index in [4.69, 9.17) is 4.74 Å². The summed E-state index contributed by atoms with van der Waals surface area (Å²) in [7, 11) is 0. The van der Waals surface area contributed by atoms with E-state index in [1.165, 1.54) is 0 Å². The smallest absolute Gasteiger partial charge is 0.239 e. The molecule has 2 amide bonds. The Morgan fingerprint density at radius 3 is 2.57 bits per heavy atom. The van der Waals surface area contributed by atoms with Crippen molar-refractivity contribution >= 4 is 23.2 Å². The van der Waals surface area contributed by atoms with E-state index < -0.39 is 5.41 Å². The summed E-state index contributed by atoms with van der Waals surface area (Å²) in [5, 5.41) is 5.75. The molecule has 0 saturated carbocycles. The number of hydrogen-bond acceptors (Lipinski definition) is 5. The summed E-state index contributed by atoms with van der Waals surface area (Å²) in [6.07, 6.45) is 3.36. The molecule has 2 N–H and O–H groups in total. The summed E-state index contributed by atoms with van der Waals surface area (Å²) in [5.74, 6) is -0.686. The van der Waals surface area contributed by atoms with Gasteiger partial charge in [-0.1, -0.05) is 18.2 Å². The van der Waals surface area contributed by atoms with Crippen LogP contribution in [0.1, 0.15) is 19.4 Å². The van der Waals surface area contributed by atoms with Crippen molar-refractivity contribution < 1.29 is 14.3 Å². The minimum Gasteiger partial charge on any atom is -0.378 e. The first-order chi connectivity index (χ1) is 13.5. The molecule has 2 heterocycles. The fourth-order valence-corrected chi connectivity index (χ4v) is 2.95.